The third-order valence-corrected chi connectivity index (χ3v) is 2.40. The van der Waals surface area contributed by atoms with E-state index in [4.69, 9.17) is 4.42 Å². The molecule has 6 nitrogen and oxygen atoms in total. The normalized spacial score (nSPS) is 10.6. The van der Waals surface area contributed by atoms with Crippen molar-refractivity contribution in [2.45, 2.75) is 0 Å². The zero-order valence-electron chi connectivity index (χ0n) is 8.80. The van der Waals surface area contributed by atoms with Gasteiger partial charge in [0.2, 0.25) is 11.7 Å². The summed E-state index contributed by atoms with van der Waals surface area (Å²) in [5.74, 6) is -0.812. The maximum Gasteiger partial charge on any atom is 0.331 e. The molecule has 0 amide bonds. The number of hydrogen-bond donors (Lipinski definition) is 1. The molecule has 0 bridgehead atoms. The van der Waals surface area contributed by atoms with Gasteiger partial charge in [0.05, 0.1) is 6.26 Å². The summed E-state index contributed by atoms with van der Waals surface area (Å²) in [6, 6.07) is 3.03. The van der Waals surface area contributed by atoms with Crippen LogP contribution in [0.15, 0.2) is 27.6 Å². The molecule has 0 unspecified atom stereocenters. The predicted octanol–water partition coefficient (Wildman–Crippen LogP) is 0.253. The molecular weight excluding hydrogens is 212 g/mol. The van der Waals surface area contributed by atoms with E-state index < -0.39 is 11.5 Å². The van der Waals surface area contributed by atoms with Gasteiger partial charge in [0.1, 0.15) is 0 Å². The lowest BCUT2D eigenvalue weighted by molar-refractivity contribution is 0.0998. The van der Waals surface area contributed by atoms with Crippen molar-refractivity contribution < 1.29 is 14.3 Å². The van der Waals surface area contributed by atoms with Gasteiger partial charge in [-0.25, -0.2) is 4.79 Å². The van der Waals surface area contributed by atoms with Crippen LogP contribution in [0.5, 0.6) is 5.88 Å². The van der Waals surface area contributed by atoms with Gasteiger partial charge in [-0.15, -0.1) is 0 Å². The molecule has 0 fully saturated rings. The Balaban J connectivity index is 2.62. The topological polar surface area (TPSA) is 77.4 Å². The van der Waals surface area contributed by atoms with Gasteiger partial charge < -0.3 is 9.52 Å². The van der Waals surface area contributed by atoms with E-state index in [2.05, 4.69) is 0 Å². The molecule has 0 saturated carbocycles. The average molecular weight is 222 g/mol. The number of carbonyl (C=O) groups excluding carboxylic acids is 1. The van der Waals surface area contributed by atoms with Crippen molar-refractivity contribution >= 4 is 5.78 Å². The molecule has 0 aromatic carbocycles. The Hall–Kier alpha value is -2.24. The zero-order valence-corrected chi connectivity index (χ0v) is 8.80. The van der Waals surface area contributed by atoms with Gasteiger partial charge in [-0.3, -0.25) is 13.9 Å². The van der Waals surface area contributed by atoms with Crippen molar-refractivity contribution in [3.63, 3.8) is 0 Å². The minimum absolute atomic E-state index is 0.0801. The van der Waals surface area contributed by atoms with Gasteiger partial charge in [0, 0.05) is 14.1 Å². The van der Waals surface area contributed by atoms with E-state index in [1.165, 1.54) is 26.4 Å². The Morgan fingerprint density at radius 2 is 2.06 bits per heavy atom. The summed E-state index contributed by atoms with van der Waals surface area (Å²) >= 11 is 0. The van der Waals surface area contributed by atoms with Gasteiger partial charge in [0.15, 0.2) is 11.5 Å². The minimum Gasteiger partial charge on any atom is -0.493 e. The monoisotopic (exact) mass is 222 g/mol. The molecule has 1 N–H and O–H groups in total. The molecule has 0 aliphatic heterocycles. The Labute approximate surface area is 90.3 Å². The lowest BCUT2D eigenvalue weighted by atomic mass is 10.2. The number of rotatable bonds is 2. The lowest BCUT2D eigenvalue weighted by Gasteiger charge is -1.98. The molecule has 0 saturated heterocycles. The fourth-order valence-corrected chi connectivity index (χ4v) is 1.50. The summed E-state index contributed by atoms with van der Waals surface area (Å²) in [7, 11) is 2.80. The molecule has 2 heterocycles. The maximum atomic E-state index is 11.9. The first-order valence-corrected chi connectivity index (χ1v) is 4.57. The third kappa shape index (κ3) is 1.27. The fraction of sp³-hybridized carbons (Fsp3) is 0.200. The van der Waals surface area contributed by atoms with Crippen LogP contribution in [-0.4, -0.2) is 20.0 Å². The predicted molar refractivity (Wildman–Crippen MR) is 54.5 cm³/mol. The SMILES string of the molecule is Cn1c(O)c(C(=O)c2ccco2)n(C)c1=O. The molecule has 2 aromatic heterocycles. The van der Waals surface area contributed by atoms with Crippen LogP contribution in [-0.2, 0) is 14.1 Å². The molecule has 0 atom stereocenters. The number of ketones is 1. The van der Waals surface area contributed by atoms with E-state index in [-0.39, 0.29) is 17.3 Å². The molecule has 2 aromatic rings. The van der Waals surface area contributed by atoms with Gasteiger partial charge in [-0.2, -0.15) is 0 Å². The first-order chi connectivity index (χ1) is 7.54. The van der Waals surface area contributed by atoms with Crippen LogP contribution in [0, 0.1) is 0 Å². The van der Waals surface area contributed by atoms with E-state index in [0.717, 1.165) is 9.13 Å². The first kappa shape index (κ1) is 10.3. The van der Waals surface area contributed by atoms with Crippen molar-refractivity contribution in [1.29, 1.82) is 0 Å². The smallest absolute Gasteiger partial charge is 0.331 e. The van der Waals surface area contributed by atoms with Crippen LogP contribution in [0.2, 0.25) is 0 Å². The van der Waals surface area contributed by atoms with Crippen molar-refractivity contribution in [3.8, 4) is 5.88 Å². The molecule has 0 aliphatic rings. The van der Waals surface area contributed by atoms with Crippen LogP contribution >= 0.6 is 0 Å². The molecule has 0 aliphatic carbocycles. The van der Waals surface area contributed by atoms with Crippen LogP contribution in [0.3, 0.4) is 0 Å². The molecule has 0 radical (unpaired) electrons. The number of aromatic hydroxyl groups is 1. The van der Waals surface area contributed by atoms with E-state index in [1.807, 2.05) is 0 Å². The second kappa shape index (κ2) is 3.41. The zero-order chi connectivity index (χ0) is 11.9. The molecule has 2 rings (SSSR count). The minimum atomic E-state index is -0.525. The van der Waals surface area contributed by atoms with Crippen LogP contribution in [0.4, 0.5) is 0 Å². The quantitative estimate of drug-likeness (QED) is 0.739. The molecule has 16 heavy (non-hydrogen) atoms. The molecule has 84 valence electrons. The number of furan rings is 1. The van der Waals surface area contributed by atoms with E-state index in [9.17, 15) is 14.7 Å². The summed E-state index contributed by atoms with van der Waals surface area (Å²) in [4.78, 5) is 23.4. The van der Waals surface area contributed by atoms with E-state index >= 15 is 0 Å². The fourth-order valence-electron chi connectivity index (χ4n) is 1.50. The van der Waals surface area contributed by atoms with Gasteiger partial charge in [0.25, 0.3) is 0 Å². The molecular formula is C10H10N2O4. The second-order valence-corrected chi connectivity index (χ2v) is 3.38. The third-order valence-electron chi connectivity index (χ3n) is 2.40. The standard InChI is InChI=1S/C10H10N2O4/c1-11-7(9(14)12(2)10(11)15)8(13)6-4-3-5-16-6/h3-5,14H,1-2H3. The number of carbonyl (C=O) groups is 1. The van der Waals surface area contributed by atoms with Crippen LogP contribution in [0.1, 0.15) is 16.2 Å². The summed E-state index contributed by atoms with van der Waals surface area (Å²) < 4.78 is 7.00. The van der Waals surface area contributed by atoms with Crippen LogP contribution in [0.25, 0.3) is 0 Å². The van der Waals surface area contributed by atoms with E-state index in [1.54, 1.807) is 6.07 Å². The second-order valence-electron chi connectivity index (χ2n) is 3.38. The van der Waals surface area contributed by atoms with Crippen molar-refractivity contribution in [2.24, 2.45) is 14.1 Å². The molecule has 0 spiro atoms. The summed E-state index contributed by atoms with van der Waals surface area (Å²) in [5.41, 5.74) is -0.546. The Kier molecular flexibility index (Phi) is 2.19. The highest BCUT2D eigenvalue weighted by atomic mass is 16.3. The number of aromatic nitrogens is 2. The first-order valence-electron chi connectivity index (χ1n) is 4.57. The summed E-state index contributed by atoms with van der Waals surface area (Å²) in [6.07, 6.45) is 1.35. The number of hydrogen-bond acceptors (Lipinski definition) is 4. The summed E-state index contributed by atoms with van der Waals surface area (Å²) in [5, 5.41) is 9.65. The van der Waals surface area contributed by atoms with Crippen molar-refractivity contribution in [3.05, 3.63) is 40.3 Å². The van der Waals surface area contributed by atoms with Gasteiger partial charge >= 0.3 is 5.69 Å². The Morgan fingerprint density at radius 1 is 1.38 bits per heavy atom. The van der Waals surface area contributed by atoms with Gasteiger partial charge in [-0.1, -0.05) is 0 Å². The Bertz CT molecular complexity index is 589. The maximum absolute atomic E-state index is 11.9. The van der Waals surface area contributed by atoms with Crippen molar-refractivity contribution in [2.75, 3.05) is 0 Å². The van der Waals surface area contributed by atoms with Gasteiger partial charge in [-0.05, 0) is 12.1 Å². The number of nitrogens with zero attached hydrogens (tertiary/aromatic N) is 2. The summed E-state index contributed by atoms with van der Waals surface area (Å²) in [6.45, 7) is 0. The molecule has 6 heteroatoms. The largest absolute Gasteiger partial charge is 0.493 e. The van der Waals surface area contributed by atoms with Crippen LogP contribution < -0.4 is 5.69 Å². The van der Waals surface area contributed by atoms with Crippen molar-refractivity contribution in [1.82, 2.24) is 9.13 Å². The highest BCUT2D eigenvalue weighted by molar-refractivity contribution is 6.07. The highest BCUT2D eigenvalue weighted by Crippen LogP contribution is 2.18. The average Bonchev–Trinajstić information content (AvgIpc) is 2.84. The number of imidazole rings is 1. The van der Waals surface area contributed by atoms with E-state index in [0.29, 0.717) is 0 Å². The Morgan fingerprint density at radius 3 is 2.50 bits per heavy atom. The highest BCUT2D eigenvalue weighted by Gasteiger charge is 2.24. The lowest BCUT2D eigenvalue weighted by Crippen LogP contribution is -2.21.